The van der Waals surface area contributed by atoms with Crippen LogP contribution < -0.4 is 5.73 Å². The lowest BCUT2D eigenvalue weighted by molar-refractivity contribution is 0.0597. The number of nitrogen functional groups attached to an aromatic ring is 1. The number of carbonyl (C=O) groups excluding carboxylic acids is 1. The molecule has 0 amide bonds. The zero-order valence-electron chi connectivity index (χ0n) is 14.0. The van der Waals surface area contributed by atoms with Crippen LogP contribution >= 0.6 is 0 Å². The Morgan fingerprint density at radius 3 is 2.68 bits per heavy atom. The summed E-state index contributed by atoms with van der Waals surface area (Å²) in [7, 11) is 1.27. The maximum Gasteiger partial charge on any atom is 0.341 e. The zero-order valence-corrected chi connectivity index (χ0v) is 14.0. The summed E-state index contributed by atoms with van der Waals surface area (Å²) in [4.78, 5) is 24.7. The van der Waals surface area contributed by atoms with Gasteiger partial charge in [0.15, 0.2) is 0 Å². The quantitative estimate of drug-likeness (QED) is 0.703. The molecule has 0 saturated heterocycles. The molecule has 0 spiro atoms. The summed E-state index contributed by atoms with van der Waals surface area (Å²) in [5.74, 6) is -0.524. The van der Waals surface area contributed by atoms with E-state index < -0.39 is 5.97 Å². The van der Waals surface area contributed by atoms with Crippen LogP contribution in [0.5, 0.6) is 5.75 Å². The molecule has 1 aromatic carbocycles. The third-order valence-corrected chi connectivity index (χ3v) is 3.82. The van der Waals surface area contributed by atoms with E-state index in [1.807, 2.05) is 6.07 Å². The number of pyridine rings is 1. The number of nitrogens with two attached hydrogens (primary N) is 1. The van der Waals surface area contributed by atoms with Crippen LogP contribution in [-0.4, -0.2) is 33.1 Å². The number of benzene rings is 1. The number of rotatable bonds is 4. The summed E-state index contributed by atoms with van der Waals surface area (Å²) in [6, 6.07) is 8.31. The van der Waals surface area contributed by atoms with Crippen molar-refractivity contribution in [3.63, 3.8) is 0 Å². The molecule has 0 bridgehead atoms. The molecule has 128 valence electrons. The van der Waals surface area contributed by atoms with Crippen LogP contribution in [0.25, 0.3) is 22.3 Å². The Kier molecular flexibility index (Phi) is 4.47. The number of aromatic nitrogens is 3. The van der Waals surface area contributed by atoms with Gasteiger partial charge in [-0.05, 0) is 30.7 Å². The molecular weight excluding hydrogens is 320 g/mol. The third-order valence-electron chi connectivity index (χ3n) is 3.82. The van der Waals surface area contributed by atoms with Crippen molar-refractivity contribution in [2.75, 3.05) is 12.8 Å². The summed E-state index contributed by atoms with van der Waals surface area (Å²) in [6.07, 6.45) is 1.65. The fraction of sp³-hybridized carbons (Fsp3) is 0.222. The van der Waals surface area contributed by atoms with Crippen molar-refractivity contribution in [1.29, 1.82) is 0 Å². The Labute approximate surface area is 144 Å². The number of fused-ring (bicyclic) bond motifs is 1. The van der Waals surface area contributed by atoms with Gasteiger partial charge in [0.2, 0.25) is 5.95 Å². The van der Waals surface area contributed by atoms with E-state index in [1.165, 1.54) is 19.2 Å². The number of aryl methyl sites for hydroxylation is 1. The van der Waals surface area contributed by atoms with Crippen LogP contribution in [0.15, 0.2) is 30.3 Å². The van der Waals surface area contributed by atoms with Crippen LogP contribution in [-0.2, 0) is 11.2 Å². The highest BCUT2D eigenvalue weighted by Crippen LogP contribution is 2.28. The SMILES string of the molecule is CCCc1nc(N)nc2ccc(-c3ccc(C(=O)OC)c(O)c3)nc12. The van der Waals surface area contributed by atoms with Crippen molar-refractivity contribution in [1.82, 2.24) is 15.0 Å². The molecule has 7 heteroatoms. The number of anilines is 1. The molecular formula is C18H18N4O3. The number of hydrogen-bond donors (Lipinski definition) is 2. The number of phenolic OH excluding ortho intramolecular Hbond substituents is 1. The van der Waals surface area contributed by atoms with E-state index in [1.54, 1.807) is 12.1 Å². The maximum absolute atomic E-state index is 11.6. The smallest absolute Gasteiger partial charge is 0.341 e. The van der Waals surface area contributed by atoms with E-state index in [0.29, 0.717) is 22.3 Å². The average Bonchev–Trinajstić information content (AvgIpc) is 2.61. The van der Waals surface area contributed by atoms with Gasteiger partial charge in [-0.15, -0.1) is 0 Å². The predicted molar refractivity (Wildman–Crippen MR) is 94.2 cm³/mol. The molecule has 3 rings (SSSR count). The molecule has 0 aliphatic rings. The van der Waals surface area contributed by atoms with E-state index in [2.05, 4.69) is 26.6 Å². The van der Waals surface area contributed by atoms with Gasteiger partial charge in [-0.1, -0.05) is 19.4 Å². The van der Waals surface area contributed by atoms with Crippen molar-refractivity contribution in [3.8, 4) is 17.0 Å². The number of methoxy groups -OCH3 is 1. The third kappa shape index (κ3) is 3.21. The van der Waals surface area contributed by atoms with Crippen molar-refractivity contribution in [2.24, 2.45) is 0 Å². The van der Waals surface area contributed by atoms with Crippen molar-refractivity contribution in [3.05, 3.63) is 41.6 Å². The lowest BCUT2D eigenvalue weighted by Crippen LogP contribution is -2.03. The summed E-state index contributed by atoms with van der Waals surface area (Å²) >= 11 is 0. The molecule has 0 aliphatic carbocycles. The molecule has 0 unspecified atom stereocenters. The second kappa shape index (κ2) is 6.72. The van der Waals surface area contributed by atoms with Crippen molar-refractivity contribution >= 4 is 23.0 Å². The molecule has 0 aliphatic heterocycles. The molecule has 0 atom stereocenters. The first-order chi connectivity index (χ1) is 12.0. The standard InChI is InChI=1S/C18H18N4O3/c1-3-4-13-16-14(22-18(19)21-13)8-7-12(20-16)10-5-6-11(15(23)9-10)17(24)25-2/h5-9,23H,3-4H2,1-2H3,(H2,19,21,22). The van der Waals surface area contributed by atoms with Crippen LogP contribution in [0.4, 0.5) is 5.95 Å². The summed E-state index contributed by atoms with van der Waals surface area (Å²) in [5.41, 5.74) is 9.33. The Bertz CT molecular complexity index is 956. The van der Waals surface area contributed by atoms with Gasteiger partial charge in [-0.25, -0.2) is 19.7 Å². The minimum absolute atomic E-state index is 0.106. The Balaban J connectivity index is 2.10. The molecule has 3 aromatic rings. The molecule has 3 N–H and O–H groups in total. The van der Waals surface area contributed by atoms with E-state index in [-0.39, 0.29) is 17.3 Å². The number of hydrogen-bond acceptors (Lipinski definition) is 7. The lowest BCUT2D eigenvalue weighted by atomic mass is 10.1. The Hall–Kier alpha value is -3.22. The first kappa shape index (κ1) is 16.6. The highest BCUT2D eigenvalue weighted by Gasteiger charge is 2.14. The molecule has 0 fully saturated rings. The number of carbonyl (C=O) groups is 1. The van der Waals surface area contributed by atoms with Gasteiger partial charge >= 0.3 is 5.97 Å². The average molecular weight is 338 g/mol. The van der Waals surface area contributed by atoms with Gasteiger partial charge in [0.25, 0.3) is 0 Å². The van der Waals surface area contributed by atoms with E-state index in [9.17, 15) is 9.90 Å². The fourth-order valence-corrected chi connectivity index (χ4v) is 2.64. The van der Waals surface area contributed by atoms with Crippen LogP contribution in [0.2, 0.25) is 0 Å². The second-order valence-corrected chi connectivity index (χ2v) is 5.57. The number of phenols is 1. The monoisotopic (exact) mass is 338 g/mol. The molecule has 0 saturated carbocycles. The molecule has 2 aromatic heterocycles. The largest absolute Gasteiger partial charge is 0.507 e. The minimum atomic E-state index is -0.593. The number of ether oxygens (including phenoxy) is 1. The van der Waals surface area contributed by atoms with Crippen molar-refractivity contribution in [2.45, 2.75) is 19.8 Å². The minimum Gasteiger partial charge on any atom is -0.507 e. The number of esters is 1. The molecule has 25 heavy (non-hydrogen) atoms. The van der Waals surface area contributed by atoms with Gasteiger partial charge in [0.05, 0.1) is 24.0 Å². The molecule has 0 radical (unpaired) electrons. The fourth-order valence-electron chi connectivity index (χ4n) is 2.64. The Morgan fingerprint density at radius 1 is 1.20 bits per heavy atom. The molecule has 2 heterocycles. The number of nitrogens with zero attached hydrogens (tertiary/aromatic N) is 3. The van der Waals surface area contributed by atoms with E-state index in [0.717, 1.165) is 18.5 Å². The topological polar surface area (TPSA) is 111 Å². The highest BCUT2D eigenvalue weighted by molar-refractivity contribution is 5.93. The summed E-state index contributed by atoms with van der Waals surface area (Å²) in [5, 5.41) is 10.1. The normalized spacial score (nSPS) is 10.8. The van der Waals surface area contributed by atoms with Crippen LogP contribution in [0.1, 0.15) is 29.4 Å². The Morgan fingerprint density at radius 2 is 2.00 bits per heavy atom. The van der Waals surface area contributed by atoms with Crippen LogP contribution in [0, 0.1) is 0 Å². The first-order valence-electron chi connectivity index (χ1n) is 7.88. The second-order valence-electron chi connectivity index (χ2n) is 5.57. The van der Waals surface area contributed by atoms with Gasteiger partial charge in [-0.3, -0.25) is 0 Å². The van der Waals surface area contributed by atoms with E-state index >= 15 is 0 Å². The zero-order chi connectivity index (χ0) is 18.0. The van der Waals surface area contributed by atoms with Crippen LogP contribution in [0.3, 0.4) is 0 Å². The van der Waals surface area contributed by atoms with E-state index in [4.69, 9.17) is 5.73 Å². The van der Waals surface area contributed by atoms with Gasteiger partial charge in [-0.2, -0.15) is 0 Å². The number of aromatic hydroxyl groups is 1. The van der Waals surface area contributed by atoms with Gasteiger partial charge < -0.3 is 15.6 Å². The summed E-state index contributed by atoms with van der Waals surface area (Å²) < 4.78 is 4.63. The van der Waals surface area contributed by atoms with Crippen molar-refractivity contribution < 1.29 is 14.6 Å². The van der Waals surface area contributed by atoms with Gasteiger partial charge in [0, 0.05) is 5.56 Å². The molecule has 7 nitrogen and oxygen atoms in total. The summed E-state index contributed by atoms with van der Waals surface area (Å²) in [6.45, 7) is 2.05. The maximum atomic E-state index is 11.6. The lowest BCUT2D eigenvalue weighted by Gasteiger charge is -2.09. The predicted octanol–water partition coefficient (Wildman–Crippen LogP) is 2.72. The van der Waals surface area contributed by atoms with Gasteiger partial charge in [0.1, 0.15) is 16.8 Å². The highest BCUT2D eigenvalue weighted by atomic mass is 16.5. The first-order valence-corrected chi connectivity index (χ1v) is 7.88.